The molecule has 1 aliphatic carbocycles. The molecular weight excluding hydrogens is 262 g/mol. The first-order chi connectivity index (χ1) is 10.3. The Morgan fingerprint density at radius 3 is 3.00 bits per heavy atom. The van der Waals surface area contributed by atoms with Gasteiger partial charge in [-0.15, -0.1) is 0 Å². The molecule has 1 aromatic heterocycles. The van der Waals surface area contributed by atoms with E-state index in [1.165, 1.54) is 29.7 Å². The van der Waals surface area contributed by atoms with E-state index in [2.05, 4.69) is 28.3 Å². The third-order valence-corrected chi connectivity index (χ3v) is 3.78. The summed E-state index contributed by atoms with van der Waals surface area (Å²) in [4.78, 5) is 8.76. The lowest BCUT2D eigenvalue weighted by Gasteiger charge is -2.18. The highest BCUT2D eigenvalue weighted by Gasteiger charge is 2.14. The van der Waals surface area contributed by atoms with Crippen molar-refractivity contribution in [3.05, 3.63) is 47.4 Å². The zero-order chi connectivity index (χ0) is 14.5. The fourth-order valence-electron chi connectivity index (χ4n) is 2.72. The SMILES string of the molecule is Cc1cccc(OCCNc2ncnc3c2CCCC3)c1. The summed E-state index contributed by atoms with van der Waals surface area (Å²) in [6, 6.07) is 8.11. The standard InChI is InChI=1S/C17H21N3O/c1-13-5-4-6-14(11-13)21-10-9-18-17-15-7-2-3-8-16(15)19-12-20-17/h4-6,11-12H,2-3,7-10H2,1H3,(H,18,19,20). The normalized spacial score (nSPS) is 13.6. The third-order valence-electron chi connectivity index (χ3n) is 3.78. The second-order valence-corrected chi connectivity index (χ2v) is 5.45. The smallest absolute Gasteiger partial charge is 0.132 e. The third kappa shape index (κ3) is 3.51. The van der Waals surface area contributed by atoms with Crippen molar-refractivity contribution >= 4 is 5.82 Å². The number of nitrogens with zero attached hydrogens (tertiary/aromatic N) is 2. The molecule has 3 rings (SSSR count). The molecule has 2 aromatic rings. The van der Waals surface area contributed by atoms with Crippen LogP contribution in [0.2, 0.25) is 0 Å². The van der Waals surface area contributed by atoms with Crippen LogP contribution in [-0.4, -0.2) is 23.1 Å². The molecule has 0 atom stereocenters. The molecule has 1 heterocycles. The molecule has 1 aromatic carbocycles. The number of anilines is 1. The highest BCUT2D eigenvalue weighted by molar-refractivity contribution is 5.46. The summed E-state index contributed by atoms with van der Waals surface area (Å²) < 4.78 is 5.75. The number of hydrogen-bond donors (Lipinski definition) is 1. The first kappa shape index (κ1) is 13.9. The Kier molecular flexibility index (Phi) is 4.34. The van der Waals surface area contributed by atoms with Crippen LogP contribution in [-0.2, 0) is 12.8 Å². The highest BCUT2D eigenvalue weighted by Crippen LogP contribution is 2.24. The molecule has 4 nitrogen and oxygen atoms in total. The van der Waals surface area contributed by atoms with Gasteiger partial charge in [-0.2, -0.15) is 0 Å². The van der Waals surface area contributed by atoms with E-state index in [0.29, 0.717) is 6.61 Å². The van der Waals surface area contributed by atoms with Crippen LogP contribution < -0.4 is 10.1 Å². The van der Waals surface area contributed by atoms with Crippen molar-refractivity contribution in [2.75, 3.05) is 18.5 Å². The van der Waals surface area contributed by atoms with Crippen molar-refractivity contribution in [2.45, 2.75) is 32.6 Å². The van der Waals surface area contributed by atoms with Gasteiger partial charge in [0.1, 0.15) is 24.5 Å². The van der Waals surface area contributed by atoms with Gasteiger partial charge in [-0.05, 0) is 50.3 Å². The van der Waals surface area contributed by atoms with Gasteiger partial charge in [0, 0.05) is 11.3 Å². The maximum atomic E-state index is 5.75. The first-order valence-electron chi connectivity index (χ1n) is 7.59. The summed E-state index contributed by atoms with van der Waals surface area (Å²) in [5.41, 5.74) is 3.71. The van der Waals surface area contributed by atoms with E-state index in [-0.39, 0.29) is 0 Å². The van der Waals surface area contributed by atoms with Gasteiger partial charge in [0.25, 0.3) is 0 Å². The zero-order valence-electron chi connectivity index (χ0n) is 12.4. The Hall–Kier alpha value is -2.10. The molecule has 0 amide bonds. The van der Waals surface area contributed by atoms with Crippen LogP contribution in [0.25, 0.3) is 0 Å². The lowest BCUT2D eigenvalue weighted by molar-refractivity contribution is 0.332. The number of aromatic nitrogens is 2. The molecule has 21 heavy (non-hydrogen) atoms. The number of aryl methyl sites for hydroxylation is 2. The van der Waals surface area contributed by atoms with E-state index in [0.717, 1.165) is 31.0 Å². The molecule has 0 bridgehead atoms. The summed E-state index contributed by atoms with van der Waals surface area (Å²) in [6.07, 6.45) is 6.28. The van der Waals surface area contributed by atoms with Crippen molar-refractivity contribution in [2.24, 2.45) is 0 Å². The highest BCUT2D eigenvalue weighted by atomic mass is 16.5. The minimum Gasteiger partial charge on any atom is -0.492 e. The average molecular weight is 283 g/mol. The number of nitrogens with one attached hydrogen (secondary N) is 1. The van der Waals surface area contributed by atoms with Crippen molar-refractivity contribution in [3.63, 3.8) is 0 Å². The van der Waals surface area contributed by atoms with E-state index in [4.69, 9.17) is 4.74 Å². The number of benzene rings is 1. The Morgan fingerprint density at radius 2 is 2.10 bits per heavy atom. The van der Waals surface area contributed by atoms with Gasteiger partial charge in [0.2, 0.25) is 0 Å². The number of hydrogen-bond acceptors (Lipinski definition) is 4. The largest absolute Gasteiger partial charge is 0.492 e. The molecule has 0 unspecified atom stereocenters. The molecule has 0 spiro atoms. The Morgan fingerprint density at radius 1 is 1.19 bits per heavy atom. The van der Waals surface area contributed by atoms with Gasteiger partial charge in [-0.25, -0.2) is 9.97 Å². The molecular formula is C17H21N3O. The van der Waals surface area contributed by atoms with E-state index >= 15 is 0 Å². The van der Waals surface area contributed by atoms with Crippen LogP contribution in [0, 0.1) is 6.92 Å². The molecule has 0 saturated heterocycles. The molecule has 0 saturated carbocycles. The molecule has 4 heteroatoms. The fourth-order valence-corrected chi connectivity index (χ4v) is 2.72. The second kappa shape index (κ2) is 6.57. The van der Waals surface area contributed by atoms with Crippen LogP contribution in [0.4, 0.5) is 5.82 Å². The number of fused-ring (bicyclic) bond motifs is 1. The Labute approximate surface area is 125 Å². The van der Waals surface area contributed by atoms with Gasteiger partial charge >= 0.3 is 0 Å². The van der Waals surface area contributed by atoms with Crippen molar-refractivity contribution in [1.82, 2.24) is 9.97 Å². The predicted molar refractivity (Wildman–Crippen MR) is 83.8 cm³/mol. The van der Waals surface area contributed by atoms with E-state index < -0.39 is 0 Å². The van der Waals surface area contributed by atoms with Gasteiger partial charge < -0.3 is 10.1 Å². The minimum atomic E-state index is 0.627. The van der Waals surface area contributed by atoms with E-state index in [1.54, 1.807) is 6.33 Å². The van der Waals surface area contributed by atoms with Crippen LogP contribution in [0.3, 0.4) is 0 Å². The van der Waals surface area contributed by atoms with Gasteiger partial charge in [0.15, 0.2) is 0 Å². The summed E-state index contributed by atoms with van der Waals surface area (Å²) in [7, 11) is 0. The lowest BCUT2D eigenvalue weighted by atomic mass is 9.96. The van der Waals surface area contributed by atoms with Crippen LogP contribution >= 0.6 is 0 Å². The topological polar surface area (TPSA) is 47.0 Å². The fraction of sp³-hybridized carbons (Fsp3) is 0.412. The summed E-state index contributed by atoms with van der Waals surface area (Å²) in [6.45, 7) is 3.44. The summed E-state index contributed by atoms with van der Waals surface area (Å²) in [5.74, 6) is 1.90. The zero-order valence-corrected chi connectivity index (χ0v) is 12.4. The van der Waals surface area contributed by atoms with E-state index in [9.17, 15) is 0 Å². The quantitative estimate of drug-likeness (QED) is 0.856. The monoisotopic (exact) mass is 283 g/mol. The average Bonchev–Trinajstić information content (AvgIpc) is 2.52. The van der Waals surface area contributed by atoms with Crippen LogP contribution in [0.5, 0.6) is 5.75 Å². The van der Waals surface area contributed by atoms with Crippen LogP contribution in [0.1, 0.15) is 29.7 Å². The maximum Gasteiger partial charge on any atom is 0.132 e. The van der Waals surface area contributed by atoms with Crippen molar-refractivity contribution in [1.29, 1.82) is 0 Å². The Balaban J connectivity index is 1.54. The second-order valence-electron chi connectivity index (χ2n) is 5.45. The number of ether oxygens (including phenoxy) is 1. The van der Waals surface area contributed by atoms with Gasteiger partial charge in [-0.3, -0.25) is 0 Å². The van der Waals surface area contributed by atoms with Crippen molar-refractivity contribution in [3.8, 4) is 5.75 Å². The molecule has 0 radical (unpaired) electrons. The lowest BCUT2D eigenvalue weighted by Crippen LogP contribution is -2.16. The van der Waals surface area contributed by atoms with Gasteiger partial charge in [-0.1, -0.05) is 12.1 Å². The molecule has 1 aliphatic rings. The van der Waals surface area contributed by atoms with Crippen molar-refractivity contribution < 1.29 is 4.74 Å². The molecule has 0 fully saturated rings. The van der Waals surface area contributed by atoms with E-state index in [1.807, 2.05) is 18.2 Å². The molecule has 1 N–H and O–H groups in total. The maximum absolute atomic E-state index is 5.75. The molecule has 110 valence electrons. The summed E-state index contributed by atoms with van der Waals surface area (Å²) in [5, 5.41) is 3.38. The van der Waals surface area contributed by atoms with Crippen LogP contribution in [0.15, 0.2) is 30.6 Å². The summed E-state index contributed by atoms with van der Waals surface area (Å²) >= 11 is 0. The Bertz CT molecular complexity index is 613. The number of rotatable bonds is 5. The molecule has 0 aliphatic heterocycles. The first-order valence-corrected chi connectivity index (χ1v) is 7.59. The minimum absolute atomic E-state index is 0.627. The predicted octanol–water partition coefficient (Wildman–Crippen LogP) is 3.15. The van der Waals surface area contributed by atoms with Gasteiger partial charge in [0.05, 0.1) is 6.54 Å².